The van der Waals surface area contributed by atoms with Gasteiger partial charge in [0, 0.05) is 14.5 Å². The lowest BCUT2D eigenvalue weighted by Gasteiger charge is -2.21. The highest BCUT2D eigenvalue weighted by Gasteiger charge is 2.22. The summed E-state index contributed by atoms with van der Waals surface area (Å²) in [6.45, 7) is 1.06. The highest BCUT2D eigenvalue weighted by molar-refractivity contribution is 9.11. The average Bonchev–Trinajstić information content (AvgIpc) is 2.46. The first-order valence-electron chi connectivity index (χ1n) is 6.24. The molecule has 0 radical (unpaired) electrons. The first-order valence-corrected chi connectivity index (χ1v) is 8.74. The zero-order valence-corrected chi connectivity index (χ0v) is 15.5. The van der Waals surface area contributed by atoms with Crippen molar-refractivity contribution in [3.05, 3.63) is 56.2 Å². The average molecular weight is 481 g/mol. The Balaban J connectivity index is 2.03. The van der Waals surface area contributed by atoms with Gasteiger partial charge in [0.15, 0.2) is 11.5 Å². The lowest BCUT2D eigenvalue weighted by atomic mass is 10.0. The fourth-order valence-corrected chi connectivity index (χ4v) is 4.09. The monoisotopic (exact) mass is 478 g/mol. The maximum Gasteiger partial charge on any atom is 0.162 e. The minimum absolute atomic E-state index is 0.270. The van der Waals surface area contributed by atoms with Gasteiger partial charge in [0.2, 0.25) is 0 Å². The quantitative estimate of drug-likeness (QED) is 0.520. The Bertz CT molecular complexity index is 691. The third kappa shape index (κ3) is 3.12. The van der Waals surface area contributed by atoms with Gasteiger partial charge < -0.3 is 9.47 Å². The molecular formula is C15H10Br3FO2. The van der Waals surface area contributed by atoms with Gasteiger partial charge in [-0.3, -0.25) is 0 Å². The van der Waals surface area contributed by atoms with Crippen LogP contribution in [0.25, 0.3) is 0 Å². The van der Waals surface area contributed by atoms with Crippen LogP contribution in [-0.2, 0) is 0 Å². The van der Waals surface area contributed by atoms with E-state index in [0.29, 0.717) is 34.7 Å². The third-order valence-corrected chi connectivity index (χ3v) is 5.34. The van der Waals surface area contributed by atoms with Crippen molar-refractivity contribution in [2.75, 3.05) is 13.2 Å². The Morgan fingerprint density at radius 1 is 0.952 bits per heavy atom. The Morgan fingerprint density at radius 3 is 2.29 bits per heavy atom. The highest BCUT2D eigenvalue weighted by Crippen LogP contribution is 2.43. The number of benzene rings is 2. The minimum atomic E-state index is -0.282. The molecule has 1 unspecified atom stereocenters. The van der Waals surface area contributed by atoms with Crippen LogP contribution in [0.3, 0.4) is 0 Å². The molecule has 0 fully saturated rings. The molecule has 6 heteroatoms. The van der Waals surface area contributed by atoms with Gasteiger partial charge in [-0.25, -0.2) is 4.39 Å². The summed E-state index contributed by atoms with van der Waals surface area (Å²) in [5, 5.41) is 0. The van der Waals surface area contributed by atoms with E-state index in [1.54, 1.807) is 6.07 Å². The number of halogens is 4. The van der Waals surface area contributed by atoms with Crippen molar-refractivity contribution < 1.29 is 13.9 Å². The van der Waals surface area contributed by atoms with Crippen molar-refractivity contribution in [2.24, 2.45) is 0 Å². The summed E-state index contributed by atoms with van der Waals surface area (Å²) >= 11 is 10.3. The van der Waals surface area contributed by atoms with E-state index < -0.39 is 0 Å². The van der Waals surface area contributed by atoms with Gasteiger partial charge in [-0.2, -0.15) is 0 Å². The van der Waals surface area contributed by atoms with Gasteiger partial charge in [-0.05, 0) is 29.8 Å². The molecular weight excluding hydrogens is 471 g/mol. The van der Waals surface area contributed by atoms with Gasteiger partial charge in [0.25, 0.3) is 0 Å². The molecule has 110 valence electrons. The second-order valence-electron chi connectivity index (χ2n) is 4.55. The molecule has 0 N–H and O–H groups in total. The summed E-state index contributed by atoms with van der Waals surface area (Å²) < 4.78 is 26.8. The molecule has 3 rings (SSSR count). The van der Waals surface area contributed by atoms with E-state index in [1.807, 2.05) is 18.2 Å². The summed E-state index contributed by atoms with van der Waals surface area (Å²) in [5.41, 5.74) is 1.45. The largest absolute Gasteiger partial charge is 0.486 e. The predicted molar refractivity (Wildman–Crippen MR) is 90.0 cm³/mol. The van der Waals surface area contributed by atoms with E-state index in [1.165, 1.54) is 6.07 Å². The van der Waals surface area contributed by atoms with Crippen LogP contribution >= 0.6 is 47.8 Å². The first kappa shape index (κ1) is 15.3. The van der Waals surface area contributed by atoms with Crippen LogP contribution in [0.1, 0.15) is 16.0 Å². The molecule has 2 aromatic carbocycles. The molecule has 0 spiro atoms. The molecule has 21 heavy (non-hydrogen) atoms. The summed E-state index contributed by atoms with van der Waals surface area (Å²) in [7, 11) is 0. The first-order chi connectivity index (χ1) is 10.1. The molecule has 0 saturated heterocycles. The smallest absolute Gasteiger partial charge is 0.162 e. The highest BCUT2D eigenvalue weighted by atomic mass is 79.9. The van der Waals surface area contributed by atoms with E-state index in [2.05, 4.69) is 47.8 Å². The SMILES string of the molecule is Fc1cc(Br)ccc1C(Br)c1cc2c(cc1Br)OCCO2. The molecule has 1 atom stereocenters. The maximum atomic E-state index is 14.1. The van der Waals surface area contributed by atoms with Gasteiger partial charge in [-0.1, -0.05) is 53.9 Å². The summed E-state index contributed by atoms with van der Waals surface area (Å²) in [6, 6.07) is 8.75. The topological polar surface area (TPSA) is 18.5 Å². The van der Waals surface area contributed by atoms with Crippen LogP contribution in [0.5, 0.6) is 11.5 Å². The van der Waals surface area contributed by atoms with Crippen LogP contribution in [0.15, 0.2) is 39.3 Å². The summed E-state index contributed by atoms with van der Waals surface area (Å²) in [6.07, 6.45) is 0. The van der Waals surface area contributed by atoms with Crippen molar-refractivity contribution in [2.45, 2.75) is 4.83 Å². The van der Waals surface area contributed by atoms with Crippen molar-refractivity contribution in [1.82, 2.24) is 0 Å². The van der Waals surface area contributed by atoms with Gasteiger partial charge >= 0.3 is 0 Å². The lowest BCUT2D eigenvalue weighted by molar-refractivity contribution is 0.171. The van der Waals surface area contributed by atoms with Gasteiger partial charge in [0.05, 0.1) is 4.83 Å². The molecule has 0 amide bonds. The summed E-state index contributed by atoms with van der Waals surface area (Å²) in [4.78, 5) is -0.282. The lowest BCUT2D eigenvalue weighted by Crippen LogP contribution is -2.15. The molecule has 0 aliphatic carbocycles. The van der Waals surface area contributed by atoms with Crippen LogP contribution in [0, 0.1) is 5.82 Å². The van der Waals surface area contributed by atoms with Crippen LogP contribution in [0.4, 0.5) is 4.39 Å². The molecule has 1 aliphatic rings. The number of ether oxygens (including phenoxy) is 2. The molecule has 0 aromatic heterocycles. The van der Waals surface area contributed by atoms with E-state index in [-0.39, 0.29) is 10.6 Å². The zero-order valence-electron chi connectivity index (χ0n) is 10.7. The van der Waals surface area contributed by atoms with Crippen LogP contribution in [0.2, 0.25) is 0 Å². The van der Waals surface area contributed by atoms with E-state index in [4.69, 9.17) is 9.47 Å². The Morgan fingerprint density at radius 2 is 1.62 bits per heavy atom. The maximum absolute atomic E-state index is 14.1. The van der Waals surface area contributed by atoms with Crippen molar-refractivity contribution in [1.29, 1.82) is 0 Å². The third-order valence-electron chi connectivity index (χ3n) is 3.17. The molecule has 2 nitrogen and oxygen atoms in total. The molecule has 1 heterocycles. The van der Waals surface area contributed by atoms with Crippen molar-refractivity contribution in [3.63, 3.8) is 0 Å². The number of fused-ring (bicyclic) bond motifs is 1. The summed E-state index contributed by atoms with van der Waals surface area (Å²) in [5.74, 6) is 1.11. The van der Waals surface area contributed by atoms with Crippen molar-refractivity contribution >= 4 is 47.8 Å². The van der Waals surface area contributed by atoms with Crippen LogP contribution in [-0.4, -0.2) is 13.2 Å². The number of hydrogen-bond donors (Lipinski definition) is 0. The molecule has 0 saturated carbocycles. The normalized spacial score (nSPS) is 14.9. The van der Waals surface area contributed by atoms with Gasteiger partial charge in [-0.15, -0.1) is 0 Å². The molecule has 0 bridgehead atoms. The number of alkyl halides is 1. The number of rotatable bonds is 2. The number of hydrogen-bond acceptors (Lipinski definition) is 2. The second kappa shape index (κ2) is 6.26. The standard InChI is InChI=1S/C15H10Br3FO2/c16-8-1-2-9(12(19)5-8)15(18)10-6-13-14(7-11(10)17)21-4-3-20-13/h1-2,5-7,15H,3-4H2. The Kier molecular flexibility index (Phi) is 4.57. The fourth-order valence-electron chi connectivity index (χ4n) is 2.15. The predicted octanol–water partition coefficient (Wildman–Crippen LogP) is 5.61. The Labute approximate surface area is 147 Å². The van der Waals surface area contributed by atoms with Gasteiger partial charge in [0.1, 0.15) is 19.0 Å². The second-order valence-corrected chi connectivity index (χ2v) is 7.23. The fraction of sp³-hybridized carbons (Fsp3) is 0.200. The van der Waals surface area contributed by atoms with E-state index in [0.717, 1.165) is 10.0 Å². The minimum Gasteiger partial charge on any atom is -0.486 e. The molecule has 1 aliphatic heterocycles. The molecule has 2 aromatic rings. The van der Waals surface area contributed by atoms with E-state index in [9.17, 15) is 4.39 Å². The Hall–Kier alpha value is -0.590. The van der Waals surface area contributed by atoms with Crippen molar-refractivity contribution in [3.8, 4) is 11.5 Å². The van der Waals surface area contributed by atoms with E-state index >= 15 is 0 Å². The zero-order chi connectivity index (χ0) is 15.0. The van der Waals surface area contributed by atoms with Crippen LogP contribution < -0.4 is 9.47 Å².